The molecule has 0 spiro atoms. The number of carbonyl (C=O) groups excluding carboxylic acids is 1. The highest BCUT2D eigenvalue weighted by molar-refractivity contribution is 6.30. The quantitative estimate of drug-likeness (QED) is 0.759. The lowest BCUT2D eigenvalue weighted by molar-refractivity contribution is -0.110. The summed E-state index contributed by atoms with van der Waals surface area (Å²) in [6.07, 6.45) is 1.83. The van der Waals surface area contributed by atoms with Gasteiger partial charge in [0, 0.05) is 36.9 Å². The number of para-hydroxylation sites is 1. The maximum atomic E-state index is 11.8. The molecule has 25 heavy (non-hydrogen) atoms. The molecule has 0 saturated carbocycles. The van der Waals surface area contributed by atoms with Crippen LogP contribution in [0, 0.1) is 6.92 Å². The molecule has 0 aliphatic carbocycles. The zero-order valence-electron chi connectivity index (χ0n) is 14.8. The van der Waals surface area contributed by atoms with E-state index in [0.717, 1.165) is 49.7 Å². The smallest absolute Gasteiger partial charge is 0.228 e. The van der Waals surface area contributed by atoms with Gasteiger partial charge in [0.25, 0.3) is 0 Å². The number of rotatable bonds is 5. The lowest BCUT2D eigenvalue weighted by Crippen LogP contribution is -2.54. The van der Waals surface area contributed by atoms with Crippen LogP contribution in [0.25, 0.3) is 0 Å². The summed E-state index contributed by atoms with van der Waals surface area (Å²) in [4.78, 5) is 14.1. The number of hydrazine groups is 1. The number of aryl methyl sites for hydroxylation is 2. The van der Waals surface area contributed by atoms with Crippen LogP contribution < -0.4 is 9.91 Å². The Balaban J connectivity index is 1.74. The molecule has 1 heterocycles. The normalized spacial score (nSPS) is 15.2. The SMILES string of the molecule is CCc1ccccc1N(C=O)N1CCN(c2cc(Cl)ccc2C)CC1. The van der Waals surface area contributed by atoms with Crippen LogP contribution in [-0.2, 0) is 11.2 Å². The van der Waals surface area contributed by atoms with E-state index in [0.29, 0.717) is 0 Å². The van der Waals surface area contributed by atoms with E-state index in [1.54, 1.807) is 5.01 Å². The molecule has 1 saturated heterocycles. The molecule has 132 valence electrons. The first-order valence-corrected chi connectivity index (χ1v) is 9.10. The van der Waals surface area contributed by atoms with Gasteiger partial charge in [0.15, 0.2) is 0 Å². The highest BCUT2D eigenvalue weighted by Crippen LogP contribution is 2.27. The minimum absolute atomic E-state index is 0.759. The van der Waals surface area contributed by atoms with Crippen LogP contribution in [0.4, 0.5) is 11.4 Å². The van der Waals surface area contributed by atoms with Gasteiger partial charge in [-0.15, -0.1) is 0 Å². The number of hydrogen-bond acceptors (Lipinski definition) is 3. The molecule has 2 aromatic carbocycles. The minimum Gasteiger partial charge on any atom is -0.369 e. The number of piperazine rings is 1. The third-order valence-corrected chi connectivity index (χ3v) is 5.03. The van der Waals surface area contributed by atoms with Crippen molar-refractivity contribution in [3.05, 3.63) is 58.6 Å². The number of halogens is 1. The summed E-state index contributed by atoms with van der Waals surface area (Å²) < 4.78 is 0. The van der Waals surface area contributed by atoms with Gasteiger partial charge in [0.2, 0.25) is 6.41 Å². The molecule has 0 radical (unpaired) electrons. The first kappa shape index (κ1) is 17.8. The molecule has 3 rings (SSSR count). The maximum absolute atomic E-state index is 11.8. The molecule has 1 aliphatic rings. The first-order valence-electron chi connectivity index (χ1n) is 8.72. The van der Waals surface area contributed by atoms with Crippen molar-refractivity contribution < 1.29 is 4.79 Å². The van der Waals surface area contributed by atoms with Crippen LogP contribution in [0.3, 0.4) is 0 Å². The van der Waals surface area contributed by atoms with Crippen LogP contribution in [-0.4, -0.2) is 37.6 Å². The topological polar surface area (TPSA) is 26.8 Å². The fraction of sp³-hybridized carbons (Fsp3) is 0.350. The molecule has 2 aromatic rings. The Bertz CT molecular complexity index is 741. The van der Waals surface area contributed by atoms with E-state index in [2.05, 4.69) is 35.9 Å². The molecule has 0 aromatic heterocycles. The van der Waals surface area contributed by atoms with Crippen molar-refractivity contribution in [3.63, 3.8) is 0 Å². The van der Waals surface area contributed by atoms with Crippen molar-refractivity contribution in [2.24, 2.45) is 0 Å². The standard InChI is InChI=1S/C20H24ClN3O/c1-3-17-6-4-5-7-19(17)24(15-25)23-12-10-22(11-13-23)20-14-18(21)9-8-16(20)2/h4-9,14-15H,3,10-13H2,1-2H3. The molecule has 0 N–H and O–H groups in total. The maximum Gasteiger partial charge on any atom is 0.228 e. The molecular weight excluding hydrogens is 334 g/mol. The van der Waals surface area contributed by atoms with Gasteiger partial charge in [0.05, 0.1) is 5.69 Å². The number of hydrogen-bond donors (Lipinski definition) is 0. The summed E-state index contributed by atoms with van der Waals surface area (Å²) in [5.41, 5.74) is 4.57. The molecule has 1 amide bonds. The average molecular weight is 358 g/mol. The summed E-state index contributed by atoms with van der Waals surface area (Å²) >= 11 is 6.16. The van der Waals surface area contributed by atoms with Gasteiger partial charge in [-0.05, 0) is 42.7 Å². The fourth-order valence-corrected chi connectivity index (χ4v) is 3.55. The summed E-state index contributed by atoms with van der Waals surface area (Å²) in [6, 6.07) is 14.1. The highest BCUT2D eigenvalue weighted by atomic mass is 35.5. The van der Waals surface area contributed by atoms with Crippen molar-refractivity contribution in [1.82, 2.24) is 5.01 Å². The average Bonchev–Trinajstić information content (AvgIpc) is 2.65. The lowest BCUT2D eigenvalue weighted by Gasteiger charge is -2.41. The second-order valence-corrected chi connectivity index (χ2v) is 6.74. The van der Waals surface area contributed by atoms with Gasteiger partial charge in [-0.2, -0.15) is 0 Å². The molecule has 4 nitrogen and oxygen atoms in total. The van der Waals surface area contributed by atoms with Crippen LogP contribution >= 0.6 is 11.6 Å². The number of anilines is 2. The summed E-state index contributed by atoms with van der Waals surface area (Å²) in [5.74, 6) is 0. The van der Waals surface area contributed by atoms with Crippen LogP contribution in [0.2, 0.25) is 5.02 Å². The molecule has 1 aliphatic heterocycles. The fourth-order valence-electron chi connectivity index (χ4n) is 3.38. The minimum atomic E-state index is 0.759. The van der Waals surface area contributed by atoms with E-state index in [4.69, 9.17) is 11.6 Å². The zero-order valence-corrected chi connectivity index (χ0v) is 15.5. The summed E-state index contributed by atoms with van der Waals surface area (Å²) in [5, 5.41) is 4.65. The monoisotopic (exact) mass is 357 g/mol. The van der Waals surface area contributed by atoms with Crippen molar-refractivity contribution in [1.29, 1.82) is 0 Å². The van der Waals surface area contributed by atoms with Crippen LogP contribution in [0.15, 0.2) is 42.5 Å². The van der Waals surface area contributed by atoms with Crippen LogP contribution in [0.1, 0.15) is 18.1 Å². The van der Waals surface area contributed by atoms with Gasteiger partial charge in [0.1, 0.15) is 0 Å². The van der Waals surface area contributed by atoms with E-state index < -0.39 is 0 Å². The third kappa shape index (κ3) is 3.80. The second-order valence-electron chi connectivity index (χ2n) is 6.30. The zero-order chi connectivity index (χ0) is 17.8. The number of benzene rings is 2. The largest absolute Gasteiger partial charge is 0.369 e. The Labute approximate surface area is 154 Å². The van der Waals surface area contributed by atoms with Crippen molar-refractivity contribution in [3.8, 4) is 0 Å². The van der Waals surface area contributed by atoms with Gasteiger partial charge in [-0.25, -0.2) is 10.0 Å². The van der Waals surface area contributed by atoms with Gasteiger partial charge in [-0.1, -0.05) is 42.8 Å². The Morgan fingerprint density at radius 2 is 1.84 bits per heavy atom. The Morgan fingerprint density at radius 1 is 1.12 bits per heavy atom. The first-order chi connectivity index (χ1) is 12.1. The molecule has 0 unspecified atom stereocenters. The van der Waals surface area contributed by atoms with Crippen molar-refractivity contribution in [2.45, 2.75) is 20.3 Å². The molecule has 0 atom stereocenters. The highest BCUT2D eigenvalue weighted by Gasteiger charge is 2.24. The van der Waals surface area contributed by atoms with Gasteiger partial charge < -0.3 is 4.90 Å². The Morgan fingerprint density at radius 3 is 2.52 bits per heavy atom. The number of carbonyl (C=O) groups is 1. The summed E-state index contributed by atoms with van der Waals surface area (Å²) in [7, 11) is 0. The predicted molar refractivity (Wildman–Crippen MR) is 104 cm³/mol. The predicted octanol–water partition coefficient (Wildman–Crippen LogP) is 3.91. The Kier molecular flexibility index (Phi) is 5.61. The molecule has 0 bridgehead atoms. The van der Waals surface area contributed by atoms with Gasteiger partial charge in [-0.3, -0.25) is 4.79 Å². The summed E-state index contributed by atoms with van der Waals surface area (Å²) in [6.45, 7) is 7.53. The van der Waals surface area contributed by atoms with Crippen molar-refractivity contribution >= 4 is 29.4 Å². The number of amides is 1. The Hall–Kier alpha value is -2.04. The molecule has 1 fully saturated rings. The van der Waals surface area contributed by atoms with E-state index in [-0.39, 0.29) is 0 Å². The van der Waals surface area contributed by atoms with E-state index in [9.17, 15) is 4.79 Å². The van der Waals surface area contributed by atoms with Crippen LogP contribution in [0.5, 0.6) is 0 Å². The van der Waals surface area contributed by atoms with Gasteiger partial charge >= 0.3 is 0 Å². The number of nitrogens with zero attached hydrogens (tertiary/aromatic N) is 3. The lowest BCUT2D eigenvalue weighted by atomic mass is 10.1. The molecule has 5 heteroatoms. The molecular formula is C20H24ClN3O. The van der Waals surface area contributed by atoms with E-state index >= 15 is 0 Å². The van der Waals surface area contributed by atoms with E-state index in [1.165, 1.54) is 16.8 Å². The third-order valence-electron chi connectivity index (χ3n) is 4.79. The second kappa shape index (κ2) is 7.89. The van der Waals surface area contributed by atoms with Crippen molar-refractivity contribution in [2.75, 3.05) is 36.1 Å². The van der Waals surface area contributed by atoms with E-state index in [1.807, 2.05) is 30.3 Å².